The lowest BCUT2D eigenvalue weighted by molar-refractivity contribution is -0.933. The summed E-state index contributed by atoms with van der Waals surface area (Å²) in [6.45, 7) is 8.98. The third-order valence-corrected chi connectivity index (χ3v) is 4.58. The first-order chi connectivity index (χ1) is 10.4. The molecule has 1 N–H and O–H groups in total. The second-order valence-electron chi connectivity index (χ2n) is 6.28. The van der Waals surface area contributed by atoms with Gasteiger partial charge in [0.2, 0.25) is 0 Å². The fraction of sp³-hybridized carbons (Fsp3) is 0.529. The SMILES string of the molecule is CC(C)c1ccc([C@H](C)[NH+]2CCN(C(=O)C(=O)[O-])CC2)cc1. The van der Waals surface area contributed by atoms with E-state index in [0.717, 1.165) is 13.1 Å². The summed E-state index contributed by atoms with van der Waals surface area (Å²) >= 11 is 0. The van der Waals surface area contributed by atoms with Gasteiger partial charge in [-0.3, -0.25) is 4.79 Å². The van der Waals surface area contributed by atoms with Crippen LogP contribution in [0.2, 0.25) is 0 Å². The van der Waals surface area contributed by atoms with E-state index in [0.29, 0.717) is 25.0 Å². The van der Waals surface area contributed by atoms with Gasteiger partial charge < -0.3 is 19.7 Å². The van der Waals surface area contributed by atoms with E-state index in [-0.39, 0.29) is 0 Å². The van der Waals surface area contributed by atoms with Crippen molar-refractivity contribution in [3.63, 3.8) is 0 Å². The minimum absolute atomic E-state index is 0.335. The highest BCUT2D eigenvalue weighted by molar-refractivity contribution is 6.30. The van der Waals surface area contributed by atoms with Crippen LogP contribution in [0, 0.1) is 0 Å². The molecular formula is C17H24N2O3. The molecule has 0 radical (unpaired) electrons. The maximum Gasteiger partial charge on any atom is 0.269 e. The monoisotopic (exact) mass is 304 g/mol. The molecule has 1 atom stereocenters. The number of carbonyl (C=O) groups is 2. The van der Waals surface area contributed by atoms with E-state index in [4.69, 9.17) is 0 Å². The van der Waals surface area contributed by atoms with Gasteiger partial charge >= 0.3 is 0 Å². The van der Waals surface area contributed by atoms with Crippen molar-refractivity contribution < 1.29 is 19.6 Å². The molecule has 0 aromatic heterocycles. The Bertz CT molecular complexity index is 531. The molecule has 0 saturated carbocycles. The fourth-order valence-electron chi connectivity index (χ4n) is 2.96. The van der Waals surface area contributed by atoms with E-state index in [1.54, 1.807) is 0 Å². The van der Waals surface area contributed by atoms with Crippen LogP contribution in [-0.2, 0) is 9.59 Å². The number of amides is 1. The van der Waals surface area contributed by atoms with Crippen molar-refractivity contribution in [1.29, 1.82) is 0 Å². The third kappa shape index (κ3) is 3.65. The number of carboxylic acid groups (broad SMARTS) is 1. The van der Waals surface area contributed by atoms with Crippen LogP contribution in [0.4, 0.5) is 0 Å². The number of carbonyl (C=O) groups excluding carboxylic acids is 2. The molecule has 120 valence electrons. The number of rotatable bonds is 3. The largest absolute Gasteiger partial charge is 0.540 e. The minimum atomic E-state index is -1.61. The zero-order valence-electron chi connectivity index (χ0n) is 13.5. The summed E-state index contributed by atoms with van der Waals surface area (Å²) in [5, 5.41) is 10.6. The normalized spacial score (nSPS) is 17.5. The quantitative estimate of drug-likeness (QED) is 0.755. The standard InChI is InChI=1S/C17H24N2O3/c1-12(2)14-4-6-15(7-5-14)13(3)18-8-10-19(11-9-18)16(20)17(21)22/h4-7,12-13H,8-11H2,1-3H3,(H,21,22)/t13-/m0/s1. The summed E-state index contributed by atoms with van der Waals surface area (Å²) in [5.41, 5.74) is 2.61. The summed E-state index contributed by atoms with van der Waals surface area (Å²) in [4.78, 5) is 24.8. The molecule has 22 heavy (non-hydrogen) atoms. The third-order valence-electron chi connectivity index (χ3n) is 4.58. The maximum atomic E-state index is 11.4. The first-order valence-corrected chi connectivity index (χ1v) is 7.84. The molecule has 2 rings (SSSR count). The summed E-state index contributed by atoms with van der Waals surface area (Å²) in [5.74, 6) is -1.98. The Morgan fingerprint density at radius 3 is 2.00 bits per heavy atom. The van der Waals surface area contributed by atoms with Crippen molar-refractivity contribution in [1.82, 2.24) is 4.90 Å². The lowest BCUT2D eigenvalue weighted by Crippen LogP contribution is -3.14. The van der Waals surface area contributed by atoms with Crippen molar-refractivity contribution in [3.8, 4) is 0 Å². The predicted octanol–water partition coefficient (Wildman–Crippen LogP) is -0.652. The highest BCUT2D eigenvalue weighted by atomic mass is 16.4. The Morgan fingerprint density at radius 2 is 1.55 bits per heavy atom. The van der Waals surface area contributed by atoms with Crippen LogP contribution in [0.25, 0.3) is 0 Å². The molecule has 0 unspecified atom stereocenters. The lowest BCUT2D eigenvalue weighted by atomic mass is 9.99. The van der Waals surface area contributed by atoms with Crippen LogP contribution in [0.1, 0.15) is 43.9 Å². The van der Waals surface area contributed by atoms with Crippen LogP contribution in [0.5, 0.6) is 0 Å². The Kier molecular flexibility index (Phi) is 5.19. The van der Waals surface area contributed by atoms with E-state index >= 15 is 0 Å². The molecule has 1 aliphatic rings. The van der Waals surface area contributed by atoms with Gasteiger partial charge in [0.1, 0.15) is 12.0 Å². The smallest absolute Gasteiger partial charge is 0.269 e. The summed E-state index contributed by atoms with van der Waals surface area (Å²) in [7, 11) is 0. The van der Waals surface area contributed by atoms with E-state index < -0.39 is 11.9 Å². The van der Waals surface area contributed by atoms with Crippen LogP contribution in [0.15, 0.2) is 24.3 Å². The van der Waals surface area contributed by atoms with E-state index in [9.17, 15) is 14.7 Å². The van der Waals surface area contributed by atoms with Crippen molar-refractivity contribution >= 4 is 11.9 Å². The Morgan fingerprint density at radius 1 is 1.05 bits per heavy atom. The van der Waals surface area contributed by atoms with E-state index in [1.807, 2.05) is 0 Å². The molecule has 0 bridgehead atoms. The van der Waals surface area contributed by atoms with Gasteiger partial charge in [0.25, 0.3) is 5.91 Å². The van der Waals surface area contributed by atoms with Gasteiger partial charge in [-0.05, 0) is 18.4 Å². The summed E-state index contributed by atoms with van der Waals surface area (Å²) < 4.78 is 0. The number of nitrogens with zero attached hydrogens (tertiary/aromatic N) is 1. The van der Waals surface area contributed by atoms with Gasteiger partial charge in [-0.1, -0.05) is 38.1 Å². The molecule has 0 spiro atoms. The average Bonchev–Trinajstić information content (AvgIpc) is 2.53. The van der Waals surface area contributed by atoms with Crippen LogP contribution < -0.4 is 10.0 Å². The van der Waals surface area contributed by atoms with Crippen molar-refractivity contribution in [2.45, 2.75) is 32.7 Å². The molecule has 0 aliphatic carbocycles. The fourth-order valence-corrected chi connectivity index (χ4v) is 2.96. The topological polar surface area (TPSA) is 64.9 Å². The second-order valence-corrected chi connectivity index (χ2v) is 6.28. The predicted molar refractivity (Wildman–Crippen MR) is 81.2 cm³/mol. The first kappa shape index (κ1) is 16.5. The number of nitrogens with one attached hydrogen (secondary N) is 1. The molecule has 1 fully saturated rings. The molecular weight excluding hydrogens is 280 g/mol. The van der Waals surface area contributed by atoms with Gasteiger partial charge in [0.15, 0.2) is 0 Å². The molecule has 5 heteroatoms. The van der Waals surface area contributed by atoms with Gasteiger partial charge in [0.05, 0.1) is 26.2 Å². The number of carboxylic acids is 1. The molecule has 1 aliphatic heterocycles. The zero-order valence-corrected chi connectivity index (χ0v) is 13.5. The van der Waals surface area contributed by atoms with Crippen molar-refractivity contribution in [2.24, 2.45) is 0 Å². The number of quaternary nitrogens is 1. The van der Waals surface area contributed by atoms with Gasteiger partial charge in [-0.15, -0.1) is 0 Å². The molecule has 1 saturated heterocycles. The summed E-state index contributed by atoms with van der Waals surface area (Å²) in [6, 6.07) is 9.02. The maximum absolute atomic E-state index is 11.4. The Labute approximate surface area is 131 Å². The highest BCUT2D eigenvalue weighted by Gasteiger charge is 2.28. The first-order valence-electron chi connectivity index (χ1n) is 7.84. The van der Waals surface area contributed by atoms with Gasteiger partial charge in [0, 0.05) is 5.56 Å². The van der Waals surface area contributed by atoms with E-state index in [1.165, 1.54) is 20.9 Å². The van der Waals surface area contributed by atoms with Crippen LogP contribution in [0.3, 0.4) is 0 Å². The van der Waals surface area contributed by atoms with Crippen LogP contribution in [-0.4, -0.2) is 43.0 Å². The van der Waals surface area contributed by atoms with E-state index in [2.05, 4.69) is 45.0 Å². The molecule has 5 nitrogen and oxygen atoms in total. The Balaban J connectivity index is 1.96. The number of piperazine rings is 1. The van der Waals surface area contributed by atoms with Crippen molar-refractivity contribution in [3.05, 3.63) is 35.4 Å². The number of hydrogen-bond acceptors (Lipinski definition) is 3. The Hall–Kier alpha value is -1.88. The zero-order chi connectivity index (χ0) is 16.3. The van der Waals surface area contributed by atoms with Crippen LogP contribution >= 0.6 is 0 Å². The second kappa shape index (κ2) is 6.92. The van der Waals surface area contributed by atoms with Crippen molar-refractivity contribution in [2.75, 3.05) is 26.2 Å². The highest BCUT2D eigenvalue weighted by Crippen LogP contribution is 2.17. The van der Waals surface area contributed by atoms with Gasteiger partial charge in [-0.25, -0.2) is 0 Å². The molecule has 1 aromatic carbocycles. The molecule has 1 heterocycles. The minimum Gasteiger partial charge on any atom is -0.540 e. The number of hydrogen-bond donors (Lipinski definition) is 1. The number of benzene rings is 1. The molecule has 1 aromatic rings. The number of aliphatic carboxylic acids is 1. The lowest BCUT2D eigenvalue weighted by Gasteiger charge is -2.35. The summed E-state index contributed by atoms with van der Waals surface area (Å²) in [6.07, 6.45) is 0. The molecule has 1 amide bonds. The van der Waals surface area contributed by atoms with Gasteiger partial charge in [-0.2, -0.15) is 0 Å². The average molecular weight is 304 g/mol.